The quantitative estimate of drug-likeness (QED) is 0.827. The lowest BCUT2D eigenvalue weighted by Crippen LogP contribution is -2.27. The molecule has 108 valence electrons. The Morgan fingerprint density at radius 2 is 2.35 bits per heavy atom. The van der Waals surface area contributed by atoms with Gasteiger partial charge in [-0.3, -0.25) is 0 Å². The molecule has 3 rings (SSSR count). The number of anilines is 2. The van der Waals surface area contributed by atoms with Crippen LogP contribution >= 0.6 is 11.8 Å². The van der Waals surface area contributed by atoms with Crippen molar-refractivity contribution in [3.05, 3.63) is 12.3 Å². The number of rotatable bonds is 4. The Hall–Kier alpha value is -1.47. The van der Waals surface area contributed by atoms with Crippen LogP contribution in [0.1, 0.15) is 19.8 Å². The molecule has 1 fully saturated rings. The van der Waals surface area contributed by atoms with Crippen molar-refractivity contribution >= 4 is 29.0 Å². The van der Waals surface area contributed by atoms with Gasteiger partial charge in [-0.05, 0) is 18.6 Å². The van der Waals surface area contributed by atoms with E-state index < -0.39 is 0 Å². The topological polar surface area (TPSA) is 85.5 Å². The van der Waals surface area contributed by atoms with Crippen LogP contribution in [0.2, 0.25) is 0 Å². The van der Waals surface area contributed by atoms with Gasteiger partial charge in [0, 0.05) is 25.2 Å². The maximum atomic E-state index is 6.09. The number of aromatic nitrogens is 3. The van der Waals surface area contributed by atoms with Crippen LogP contribution < -0.4 is 16.4 Å². The molecule has 1 saturated heterocycles. The third-order valence-electron chi connectivity index (χ3n) is 3.46. The number of hydrogen-bond acceptors (Lipinski definition) is 6. The summed E-state index contributed by atoms with van der Waals surface area (Å²) in [6.45, 7) is 3.95. The Morgan fingerprint density at radius 3 is 3.05 bits per heavy atom. The van der Waals surface area contributed by atoms with E-state index in [2.05, 4.69) is 16.9 Å². The molecule has 0 unspecified atom stereocenters. The summed E-state index contributed by atoms with van der Waals surface area (Å²) in [5, 5.41) is 4.32. The molecule has 0 saturated carbocycles. The molecule has 0 aromatic carbocycles. The van der Waals surface area contributed by atoms with Crippen LogP contribution in [0.4, 0.5) is 11.6 Å². The van der Waals surface area contributed by atoms with Crippen LogP contribution in [-0.4, -0.2) is 39.5 Å². The molecule has 0 radical (unpaired) electrons. The normalized spacial score (nSPS) is 19.1. The van der Waals surface area contributed by atoms with Gasteiger partial charge in [0.05, 0.1) is 11.1 Å². The zero-order valence-corrected chi connectivity index (χ0v) is 12.4. The standard InChI is InChI=1S/C13H20N6S/c1-2-5-20-10-7-16-19-11(15)6-12(17-13(10)19)18-4-3-9(14)8-18/h6-7,9H,2-5,8,14-15H2,1H3/t9-/m0/s1. The van der Waals surface area contributed by atoms with Gasteiger partial charge in [0.2, 0.25) is 0 Å². The fraction of sp³-hybridized carbons (Fsp3) is 0.538. The molecule has 2 aromatic rings. The van der Waals surface area contributed by atoms with Gasteiger partial charge < -0.3 is 16.4 Å². The van der Waals surface area contributed by atoms with Gasteiger partial charge in [-0.2, -0.15) is 9.61 Å². The SMILES string of the molecule is CCCSc1cnn2c(N)cc(N3CC[C@H](N)C3)nc12. The predicted octanol–water partition coefficient (Wildman–Crippen LogP) is 1.35. The van der Waals surface area contributed by atoms with E-state index in [1.165, 1.54) is 0 Å². The van der Waals surface area contributed by atoms with Gasteiger partial charge in [0.15, 0.2) is 5.65 Å². The molecule has 7 heteroatoms. The summed E-state index contributed by atoms with van der Waals surface area (Å²) in [5.41, 5.74) is 12.9. The summed E-state index contributed by atoms with van der Waals surface area (Å²) in [5.74, 6) is 2.58. The molecule has 4 N–H and O–H groups in total. The summed E-state index contributed by atoms with van der Waals surface area (Å²) in [4.78, 5) is 8.02. The minimum Gasteiger partial charge on any atom is -0.383 e. The van der Waals surface area contributed by atoms with Gasteiger partial charge in [-0.15, -0.1) is 11.8 Å². The monoisotopic (exact) mass is 292 g/mol. The highest BCUT2D eigenvalue weighted by molar-refractivity contribution is 7.99. The first-order chi connectivity index (χ1) is 9.69. The molecule has 0 bridgehead atoms. The van der Waals surface area contributed by atoms with Crippen molar-refractivity contribution in [1.82, 2.24) is 14.6 Å². The smallest absolute Gasteiger partial charge is 0.173 e. The molecule has 0 aliphatic carbocycles. The fourth-order valence-corrected chi connectivity index (χ4v) is 3.23. The minimum atomic E-state index is 0.230. The summed E-state index contributed by atoms with van der Waals surface area (Å²) in [6, 6.07) is 2.11. The van der Waals surface area contributed by atoms with Crippen molar-refractivity contribution in [2.45, 2.75) is 30.7 Å². The fourth-order valence-electron chi connectivity index (χ4n) is 2.42. The van der Waals surface area contributed by atoms with Crippen LogP contribution in [0.15, 0.2) is 17.2 Å². The highest BCUT2D eigenvalue weighted by atomic mass is 32.2. The first-order valence-corrected chi connectivity index (χ1v) is 7.95. The highest BCUT2D eigenvalue weighted by Crippen LogP contribution is 2.27. The summed E-state index contributed by atoms with van der Waals surface area (Å²) >= 11 is 1.77. The predicted molar refractivity (Wildman–Crippen MR) is 83.2 cm³/mol. The summed E-state index contributed by atoms with van der Waals surface area (Å²) in [6.07, 6.45) is 3.97. The van der Waals surface area contributed by atoms with Crippen molar-refractivity contribution in [3.8, 4) is 0 Å². The Morgan fingerprint density at radius 1 is 1.50 bits per heavy atom. The average molecular weight is 292 g/mol. The molecule has 1 atom stereocenters. The largest absolute Gasteiger partial charge is 0.383 e. The van der Waals surface area contributed by atoms with Crippen molar-refractivity contribution < 1.29 is 0 Å². The van der Waals surface area contributed by atoms with E-state index in [0.717, 1.165) is 48.0 Å². The molecule has 3 heterocycles. The van der Waals surface area contributed by atoms with Crippen molar-refractivity contribution in [1.29, 1.82) is 0 Å². The molecule has 1 aliphatic heterocycles. The van der Waals surface area contributed by atoms with Gasteiger partial charge in [-0.25, -0.2) is 4.98 Å². The van der Waals surface area contributed by atoms with E-state index in [4.69, 9.17) is 16.5 Å². The molecule has 2 aromatic heterocycles. The molecule has 6 nitrogen and oxygen atoms in total. The maximum absolute atomic E-state index is 6.09. The van der Waals surface area contributed by atoms with Crippen LogP contribution in [0, 0.1) is 0 Å². The van der Waals surface area contributed by atoms with Crippen LogP contribution in [0.25, 0.3) is 5.65 Å². The van der Waals surface area contributed by atoms with E-state index in [0.29, 0.717) is 5.82 Å². The van der Waals surface area contributed by atoms with Crippen molar-refractivity contribution in [2.24, 2.45) is 5.73 Å². The number of nitrogen functional groups attached to an aromatic ring is 1. The Bertz CT molecular complexity index is 610. The van der Waals surface area contributed by atoms with Gasteiger partial charge in [0.1, 0.15) is 11.6 Å². The maximum Gasteiger partial charge on any atom is 0.173 e. The number of hydrogen-bond donors (Lipinski definition) is 2. The highest BCUT2D eigenvalue weighted by Gasteiger charge is 2.22. The lowest BCUT2D eigenvalue weighted by Gasteiger charge is -2.17. The Balaban J connectivity index is 1.98. The average Bonchev–Trinajstić information content (AvgIpc) is 3.03. The zero-order chi connectivity index (χ0) is 14.1. The van der Waals surface area contributed by atoms with Crippen LogP contribution in [-0.2, 0) is 0 Å². The molecule has 20 heavy (non-hydrogen) atoms. The zero-order valence-electron chi connectivity index (χ0n) is 11.6. The lowest BCUT2D eigenvalue weighted by molar-refractivity contribution is 0.751. The molecule has 0 amide bonds. The van der Waals surface area contributed by atoms with Gasteiger partial charge in [0.25, 0.3) is 0 Å². The van der Waals surface area contributed by atoms with Gasteiger partial charge >= 0.3 is 0 Å². The second-order valence-electron chi connectivity index (χ2n) is 5.13. The molecule has 0 spiro atoms. The second kappa shape index (κ2) is 5.49. The number of nitrogens with two attached hydrogens (primary N) is 2. The van der Waals surface area contributed by atoms with Crippen LogP contribution in [0.5, 0.6) is 0 Å². The second-order valence-corrected chi connectivity index (χ2v) is 6.26. The molecular formula is C13H20N6S. The third kappa shape index (κ3) is 2.43. The molecule has 1 aliphatic rings. The van der Waals surface area contributed by atoms with E-state index in [-0.39, 0.29) is 6.04 Å². The Kier molecular flexibility index (Phi) is 3.71. The third-order valence-corrected chi connectivity index (χ3v) is 4.68. The minimum absolute atomic E-state index is 0.230. The number of fused-ring (bicyclic) bond motifs is 1. The van der Waals surface area contributed by atoms with Crippen molar-refractivity contribution in [2.75, 3.05) is 29.5 Å². The number of nitrogens with zero attached hydrogens (tertiary/aromatic N) is 4. The summed E-state index contributed by atoms with van der Waals surface area (Å²) < 4.78 is 1.71. The summed E-state index contributed by atoms with van der Waals surface area (Å²) in [7, 11) is 0. The van der Waals surface area contributed by atoms with Gasteiger partial charge in [-0.1, -0.05) is 6.92 Å². The van der Waals surface area contributed by atoms with E-state index in [1.54, 1.807) is 16.3 Å². The van der Waals surface area contributed by atoms with Crippen LogP contribution in [0.3, 0.4) is 0 Å². The van der Waals surface area contributed by atoms with Crippen molar-refractivity contribution in [3.63, 3.8) is 0 Å². The number of thioether (sulfide) groups is 1. The first kappa shape index (κ1) is 13.5. The van der Waals surface area contributed by atoms with E-state index in [9.17, 15) is 0 Å². The van der Waals surface area contributed by atoms with E-state index in [1.807, 2.05) is 12.3 Å². The first-order valence-electron chi connectivity index (χ1n) is 6.96. The lowest BCUT2D eigenvalue weighted by atomic mass is 10.3. The Labute approximate surface area is 122 Å². The molecular weight excluding hydrogens is 272 g/mol. The van der Waals surface area contributed by atoms with E-state index >= 15 is 0 Å².